The maximum absolute atomic E-state index is 9.96. The Morgan fingerprint density at radius 2 is 1.16 bits per heavy atom. The van der Waals surface area contributed by atoms with Gasteiger partial charge in [0.1, 0.15) is 28.9 Å². The number of ether oxygens (including phenoxy) is 1. The van der Waals surface area contributed by atoms with Crippen LogP contribution in [0.2, 0.25) is 0 Å². The number of aromatic amines is 2. The molecule has 2 aromatic carbocycles. The Hall–Kier alpha value is -5.32. The second kappa shape index (κ2) is 11.1. The Kier molecular flexibility index (Phi) is 7.58. The molecule has 8 N–H and O–H groups in total. The molecule has 6 aromatic rings. The van der Waals surface area contributed by atoms with E-state index in [2.05, 4.69) is 71.9 Å². The number of H-pyrrole nitrogens is 2. The monoisotopic (exact) mass is 594 g/mol. The lowest BCUT2D eigenvalue weighted by Gasteiger charge is -2.19. The Bertz CT molecular complexity index is 1980. The third kappa shape index (κ3) is 5.94. The van der Waals surface area contributed by atoms with Gasteiger partial charge in [-0.25, -0.2) is 9.97 Å². The molecule has 0 atom stereocenters. The molecular formula is C33H38N8O3. The summed E-state index contributed by atoms with van der Waals surface area (Å²) in [5, 5.41) is 35.1. The number of hydrogen-bond acceptors (Lipinski definition) is 9. The molecule has 0 saturated heterocycles. The van der Waals surface area contributed by atoms with Gasteiger partial charge in [-0.1, -0.05) is 53.7 Å². The number of pyridine rings is 2. The number of hydrogen-bond donors (Lipinski definition) is 6. The van der Waals surface area contributed by atoms with Gasteiger partial charge in [0.2, 0.25) is 0 Å². The Morgan fingerprint density at radius 3 is 1.64 bits per heavy atom. The van der Waals surface area contributed by atoms with Crippen molar-refractivity contribution in [3.05, 3.63) is 66.0 Å². The number of fused-ring (bicyclic) bond motifs is 2. The lowest BCUT2D eigenvalue weighted by molar-refractivity contribution is 0.408. The number of aromatic hydroxyl groups is 2. The summed E-state index contributed by atoms with van der Waals surface area (Å²) in [6, 6.07) is 16.2. The van der Waals surface area contributed by atoms with Gasteiger partial charge in [0.15, 0.2) is 11.3 Å². The largest absolute Gasteiger partial charge is 0.508 e. The predicted molar refractivity (Wildman–Crippen MR) is 175 cm³/mol. The molecule has 228 valence electrons. The first-order chi connectivity index (χ1) is 20.7. The smallest absolute Gasteiger partial charge is 0.184 e. The molecule has 0 radical (unpaired) electrons. The van der Waals surface area contributed by atoms with Crippen molar-refractivity contribution in [1.82, 2.24) is 30.4 Å². The van der Waals surface area contributed by atoms with E-state index in [0.717, 1.165) is 44.4 Å². The van der Waals surface area contributed by atoms with Gasteiger partial charge in [-0.2, -0.15) is 10.2 Å². The molecule has 0 aliphatic rings. The van der Waals surface area contributed by atoms with E-state index in [1.807, 2.05) is 30.3 Å². The van der Waals surface area contributed by atoms with Crippen LogP contribution < -0.4 is 16.2 Å². The minimum Gasteiger partial charge on any atom is -0.508 e. The van der Waals surface area contributed by atoms with Crippen molar-refractivity contribution < 1.29 is 14.9 Å². The number of nitrogens with zero attached hydrogens (tertiary/aromatic N) is 4. The summed E-state index contributed by atoms with van der Waals surface area (Å²) in [5.41, 5.74) is 18.2. The first-order valence-corrected chi connectivity index (χ1v) is 14.1. The zero-order valence-electron chi connectivity index (χ0n) is 25.9. The van der Waals surface area contributed by atoms with Crippen LogP contribution in [-0.2, 0) is 10.8 Å². The molecule has 44 heavy (non-hydrogen) atoms. The van der Waals surface area contributed by atoms with Crippen molar-refractivity contribution >= 4 is 33.7 Å². The van der Waals surface area contributed by atoms with E-state index in [4.69, 9.17) is 16.2 Å². The van der Waals surface area contributed by atoms with Crippen LogP contribution >= 0.6 is 0 Å². The molecule has 0 spiro atoms. The Balaban J connectivity index is 0.000000175. The minimum absolute atomic E-state index is 0.104. The first-order valence-electron chi connectivity index (χ1n) is 14.1. The normalized spacial score (nSPS) is 11.9. The summed E-state index contributed by atoms with van der Waals surface area (Å²) in [5.74, 6) is 1.85. The van der Waals surface area contributed by atoms with Crippen molar-refractivity contribution in [2.75, 3.05) is 18.6 Å². The lowest BCUT2D eigenvalue weighted by Crippen LogP contribution is -2.13. The molecule has 6 rings (SSSR count). The quantitative estimate of drug-likeness (QED) is 0.134. The fourth-order valence-electron chi connectivity index (χ4n) is 4.85. The summed E-state index contributed by atoms with van der Waals surface area (Å²) in [7, 11) is 1.56. The predicted octanol–water partition coefficient (Wildman–Crippen LogP) is 6.43. The van der Waals surface area contributed by atoms with Crippen molar-refractivity contribution in [3.63, 3.8) is 0 Å². The van der Waals surface area contributed by atoms with Crippen LogP contribution in [0.5, 0.6) is 17.2 Å². The molecule has 11 nitrogen and oxygen atoms in total. The zero-order chi connectivity index (χ0) is 32.0. The molecule has 4 heterocycles. The maximum atomic E-state index is 9.96. The third-order valence-electron chi connectivity index (χ3n) is 7.24. The van der Waals surface area contributed by atoms with Crippen molar-refractivity contribution in [2.45, 2.75) is 52.4 Å². The number of nitrogens with one attached hydrogen (secondary N) is 2. The zero-order valence-corrected chi connectivity index (χ0v) is 25.9. The van der Waals surface area contributed by atoms with Gasteiger partial charge in [0, 0.05) is 28.3 Å². The highest BCUT2D eigenvalue weighted by Gasteiger charge is 2.22. The molecule has 0 unspecified atom stereocenters. The summed E-state index contributed by atoms with van der Waals surface area (Å²) < 4.78 is 5.25. The molecule has 0 aliphatic heterocycles. The average Bonchev–Trinajstić information content (AvgIpc) is 3.53. The number of aromatic nitrogens is 6. The van der Waals surface area contributed by atoms with Crippen molar-refractivity contribution in [2.24, 2.45) is 0 Å². The summed E-state index contributed by atoms with van der Waals surface area (Å²) in [6.45, 7) is 12.6. The fraction of sp³-hybridized carbons (Fsp3) is 0.273. The minimum atomic E-state index is -0.141. The highest BCUT2D eigenvalue weighted by molar-refractivity contribution is 6.01. The number of nitrogen functional groups attached to an aromatic ring is 2. The average molecular weight is 595 g/mol. The van der Waals surface area contributed by atoms with Crippen LogP contribution in [-0.4, -0.2) is 47.7 Å². The number of anilines is 2. The van der Waals surface area contributed by atoms with Gasteiger partial charge in [-0.15, -0.1) is 0 Å². The van der Waals surface area contributed by atoms with E-state index in [1.54, 1.807) is 31.4 Å². The first kappa shape index (κ1) is 30.1. The van der Waals surface area contributed by atoms with Crippen LogP contribution in [0, 0.1) is 0 Å². The van der Waals surface area contributed by atoms with Crippen LogP contribution in [0.3, 0.4) is 0 Å². The van der Waals surface area contributed by atoms with Gasteiger partial charge in [-0.3, -0.25) is 10.2 Å². The molecule has 0 saturated carbocycles. The molecule has 0 bridgehead atoms. The van der Waals surface area contributed by atoms with Crippen LogP contribution in [0.4, 0.5) is 11.6 Å². The topological polar surface area (TPSA) is 185 Å². The fourth-order valence-corrected chi connectivity index (χ4v) is 4.85. The van der Waals surface area contributed by atoms with Crippen molar-refractivity contribution in [3.8, 4) is 39.5 Å². The summed E-state index contributed by atoms with van der Waals surface area (Å²) >= 11 is 0. The van der Waals surface area contributed by atoms with E-state index in [-0.39, 0.29) is 22.3 Å². The highest BCUT2D eigenvalue weighted by atomic mass is 16.5. The second-order valence-electron chi connectivity index (χ2n) is 12.8. The summed E-state index contributed by atoms with van der Waals surface area (Å²) in [6.07, 6.45) is 0. The third-order valence-corrected chi connectivity index (χ3v) is 7.24. The number of rotatable bonds is 3. The standard InChI is InChI=1S/C17H20N4O2.C16H18N4O/c1-17(2,3)13-8-12(14-15(18)20-21-16(14)19-13)9-5-10(22)7-11(6-9)23-4;1-16(2,3)12-8-11(9-5-4-6-10(21)7-9)13-14(17)19-20-15(13)18-12/h5-8,22H,1-4H3,(H3,18,19,20,21);4-8,21H,1-3H3,(H3,17,18,19,20). The van der Waals surface area contributed by atoms with E-state index in [9.17, 15) is 10.2 Å². The SMILES string of the molecule is CC(C)(C)c1cc(-c2cccc(O)c2)c2c(N)[nH]nc2n1.COc1cc(O)cc(-c2cc(C(C)(C)C)nc3n[nH]c(N)c23)c1. The van der Waals surface area contributed by atoms with Gasteiger partial charge in [0.25, 0.3) is 0 Å². The van der Waals surface area contributed by atoms with E-state index in [0.29, 0.717) is 28.7 Å². The van der Waals surface area contributed by atoms with Crippen molar-refractivity contribution in [1.29, 1.82) is 0 Å². The van der Waals surface area contributed by atoms with E-state index >= 15 is 0 Å². The lowest BCUT2D eigenvalue weighted by atomic mass is 9.89. The van der Waals surface area contributed by atoms with Gasteiger partial charge in [-0.05, 0) is 58.7 Å². The van der Waals surface area contributed by atoms with E-state index < -0.39 is 0 Å². The number of benzene rings is 2. The summed E-state index contributed by atoms with van der Waals surface area (Å²) in [4.78, 5) is 9.19. The molecule has 0 aliphatic carbocycles. The van der Waals surface area contributed by atoms with Crippen LogP contribution in [0.15, 0.2) is 54.6 Å². The number of nitrogens with two attached hydrogens (primary N) is 2. The molecular weight excluding hydrogens is 556 g/mol. The van der Waals surface area contributed by atoms with Crippen LogP contribution in [0.25, 0.3) is 44.3 Å². The molecule has 0 fully saturated rings. The van der Waals surface area contributed by atoms with Crippen LogP contribution in [0.1, 0.15) is 52.9 Å². The molecule has 0 amide bonds. The second-order valence-corrected chi connectivity index (χ2v) is 12.8. The Labute approximate surface area is 255 Å². The number of phenols is 2. The number of methoxy groups -OCH3 is 1. The Morgan fingerprint density at radius 1 is 0.659 bits per heavy atom. The van der Waals surface area contributed by atoms with Gasteiger partial charge in [0.05, 0.1) is 17.9 Å². The maximum Gasteiger partial charge on any atom is 0.184 e. The van der Waals surface area contributed by atoms with Gasteiger partial charge < -0.3 is 26.4 Å². The highest BCUT2D eigenvalue weighted by Crippen LogP contribution is 2.38. The van der Waals surface area contributed by atoms with E-state index in [1.165, 1.54) is 0 Å². The molecule has 4 aromatic heterocycles. The number of phenolic OH excluding ortho intramolecular Hbond substituents is 2. The molecule has 11 heteroatoms. The van der Waals surface area contributed by atoms with Gasteiger partial charge >= 0.3 is 0 Å².